The molecule has 0 aliphatic carbocycles. The van der Waals surface area contributed by atoms with Crippen LogP contribution in [0.2, 0.25) is 0 Å². The lowest BCUT2D eigenvalue weighted by atomic mass is 10.3. The molecule has 20 heavy (non-hydrogen) atoms. The Hall–Kier alpha value is -1.76. The molecule has 0 saturated carbocycles. The highest BCUT2D eigenvalue weighted by molar-refractivity contribution is 7.92. The van der Waals surface area contributed by atoms with E-state index >= 15 is 0 Å². The van der Waals surface area contributed by atoms with Gasteiger partial charge in [-0.25, -0.2) is 8.42 Å². The van der Waals surface area contributed by atoms with Crippen LogP contribution >= 0.6 is 0 Å². The monoisotopic (exact) mass is 300 g/mol. The number of hydrogen-bond acceptors (Lipinski definition) is 4. The molecule has 1 N–H and O–H groups in total. The molecule has 0 fully saturated rings. The van der Waals surface area contributed by atoms with Crippen molar-refractivity contribution in [3.63, 3.8) is 0 Å². The lowest BCUT2D eigenvalue weighted by Crippen LogP contribution is -2.40. The van der Waals surface area contributed by atoms with Crippen molar-refractivity contribution < 1.29 is 17.9 Å². The van der Waals surface area contributed by atoms with Gasteiger partial charge in [-0.1, -0.05) is 6.92 Å². The number of carbonyl (C=O) groups is 1. The molecule has 112 valence electrons. The number of rotatable bonds is 7. The van der Waals surface area contributed by atoms with E-state index < -0.39 is 10.0 Å². The highest BCUT2D eigenvalue weighted by Gasteiger charge is 2.20. The van der Waals surface area contributed by atoms with E-state index in [2.05, 4.69) is 5.32 Å². The van der Waals surface area contributed by atoms with Crippen LogP contribution in [-0.4, -0.2) is 40.8 Å². The van der Waals surface area contributed by atoms with Gasteiger partial charge in [0.2, 0.25) is 15.9 Å². The van der Waals surface area contributed by atoms with Crippen molar-refractivity contribution in [3.8, 4) is 5.75 Å². The molecule has 1 aromatic carbocycles. The third kappa shape index (κ3) is 4.73. The number of amides is 1. The van der Waals surface area contributed by atoms with Gasteiger partial charge in [-0.15, -0.1) is 0 Å². The average Bonchev–Trinajstić information content (AvgIpc) is 2.41. The lowest BCUT2D eigenvalue weighted by molar-refractivity contribution is -0.119. The number of benzene rings is 1. The van der Waals surface area contributed by atoms with E-state index in [1.54, 1.807) is 24.3 Å². The summed E-state index contributed by atoms with van der Waals surface area (Å²) in [5.41, 5.74) is 0.431. The van der Waals surface area contributed by atoms with Gasteiger partial charge in [-0.3, -0.25) is 9.10 Å². The summed E-state index contributed by atoms with van der Waals surface area (Å²) in [6.07, 6.45) is 1.87. The Morgan fingerprint density at radius 2 is 1.90 bits per heavy atom. The number of sulfonamides is 1. The Morgan fingerprint density at radius 3 is 2.35 bits per heavy atom. The third-order valence-electron chi connectivity index (χ3n) is 2.62. The van der Waals surface area contributed by atoms with Crippen LogP contribution in [0.1, 0.15) is 13.3 Å². The predicted molar refractivity (Wildman–Crippen MR) is 78.5 cm³/mol. The minimum atomic E-state index is -3.53. The average molecular weight is 300 g/mol. The van der Waals surface area contributed by atoms with Gasteiger partial charge in [-0.05, 0) is 30.7 Å². The van der Waals surface area contributed by atoms with E-state index in [1.165, 1.54) is 7.11 Å². The van der Waals surface area contributed by atoms with E-state index in [1.807, 2.05) is 6.92 Å². The molecule has 0 aliphatic rings. The zero-order valence-corrected chi connectivity index (χ0v) is 12.7. The minimum absolute atomic E-state index is 0.231. The van der Waals surface area contributed by atoms with Gasteiger partial charge >= 0.3 is 0 Å². The fourth-order valence-corrected chi connectivity index (χ4v) is 2.46. The van der Waals surface area contributed by atoms with Crippen molar-refractivity contribution in [2.75, 3.05) is 30.8 Å². The van der Waals surface area contributed by atoms with Crippen molar-refractivity contribution >= 4 is 21.6 Å². The Kier molecular flexibility index (Phi) is 5.82. The molecular formula is C13H20N2O4S. The summed E-state index contributed by atoms with van der Waals surface area (Å²) in [7, 11) is -2.00. The maximum absolute atomic E-state index is 11.8. The topological polar surface area (TPSA) is 75.7 Å². The van der Waals surface area contributed by atoms with Crippen LogP contribution in [0.5, 0.6) is 5.75 Å². The fourth-order valence-electron chi connectivity index (χ4n) is 1.60. The smallest absolute Gasteiger partial charge is 0.240 e. The van der Waals surface area contributed by atoms with E-state index in [4.69, 9.17) is 4.74 Å². The maximum atomic E-state index is 11.8. The van der Waals surface area contributed by atoms with Crippen molar-refractivity contribution in [3.05, 3.63) is 24.3 Å². The number of nitrogens with one attached hydrogen (secondary N) is 1. The fraction of sp³-hybridized carbons (Fsp3) is 0.462. The van der Waals surface area contributed by atoms with Gasteiger partial charge in [-0.2, -0.15) is 0 Å². The Balaban J connectivity index is 2.92. The van der Waals surface area contributed by atoms with Crippen LogP contribution in [0.15, 0.2) is 24.3 Å². The zero-order valence-electron chi connectivity index (χ0n) is 11.9. The van der Waals surface area contributed by atoms with Gasteiger partial charge in [0, 0.05) is 6.54 Å². The molecule has 6 nitrogen and oxygen atoms in total. The molecule has 1 amide bonds. The van der Waals surface area contributed by atoms with Crippen LogP contribution in [0.4, 0.5) is 5.69 Å². The largest absolute Gasteiger partial charge is 0.497 e. The molecule has 0 spiro atoms. The van der Waals surface area contributed by atoms with Crippen LogP contribution in [0, 0.1) is 0 Å². The highest BCUT2D eigenvalue weighted by atomic mass is 32.2. The van der Waals surface area contributed by atoms with Crippen LogP contribution in [0.25, 0.3) is 0 Å². The first-order valence-electron chi connectivity index (χ1n) is 6.27. The van der Waals surface area contributed by atoms with E-state index in [-0.39, 0.29) is 12.5 Å². The molecule has 0 bridgehead atoms. The Morgan fingerprint density at radius 1 is 1.30 bits per heavy atom. The van der Waals surface area contributed by atoms with Crippen molar-refractivity contribution in [2.45, 2.75) is 13.3 Å². The number of ether oxygens (including phenoxy) is 1. The van der Waals surface area contributed by atoms with Gasteiger partial charge in [0.05, 0.1) is 19.1 Å². The Bertz CT molecular complexity index is 540. The molecule has 1 aromatic rings. The maximum Gasteiger partial charge on any atom is 0.240 e. The summed E-state index contributed by atoms with van der Waals surface area (Å²) < 4.78 is 29.7. The molecule has 0 radical (unpaired) electrons. The summed E-state index contributed by atoms with van der Waals surface area (Å²) in [6.45, 7) is 2.22. The quantitative estimate of drug-likeness (QED) is 0.814. The Labute approximate surface area is 119 Å². The van der Waals surface area contributed by atoms with E-state index in [9.17, 15) is 13.2 Å². The molecule has 0 saturated heterocycles. The van der Waals surface area contributed by atoms with Crippen molar-refractivity contribution in [1.82, 2.24) is 5.32 Å². The first-order valence-corrected chi connectivity index (χ1v) is 8.11. The van der Waals surface area contributed by atoms with Crippen LogP contribution in [-0.2, 0) is 14.8 Å². The van der Waals surface area contributed by atoms with Gasteiger partial charge in [0.1, 0.15) is 12.3 Å². The number of carbonyl (C=O) groups excluding carboxylic acids is 1. The molecule has 0 aromatic heterocycles. The summed E-state index contributed by atoms with van der Waals surface area (Å²) in [5.74, 6) is 0.297. The van der Waals surface area contributed by atoms with Crippen molar-refractivity contribution in [1.29, 1.82) is 0 Å². The molecule has 7 heteroatoms. The van der Waals surface area contributed by atoms with E-state index in [0.717, 1.165) is 17.0 Å². The van der Waals surface area contributed by atoms with Gasteiger partial charge in [0.15, 0.2) is 0 Å². The second kappa shape index (κ2) is 7.14. The highest BCUT2D eigenvalue weighted by Crippen LogP contribution is 2.21. The summed E-state index contributed by atoms with van der Waals surface area (Å²) in [6, 6.07) is 6.51. The summed E-state index contributed by atoms with van der Waals surface area (Å²) >= 11 is 0. The number of nitrogens with zero attached hydrogens (tertiary/aromatic N) is 1. The van der Waals surface area contributed by atoms with Gasteiger partial charge < -0.3 is 10.1 Å². The third-order valence-corrected chi connectivity index (χ3v) is 3.76. The minimum Gasteiger partial charge on any atom is -0.497 e. The number of hydrogen-bond donors (Lipinski definition) is 1. The normalized spacial score (nSPS) is 10.9. The predicted octanol–water partition coefficient (Wildman–Crippen LogP) is 0.987. The molecule has 0 heterocycles. The molecule has 0 atom stereocenters. The van der Waals surface area contributed by atoms with Crippen LogP contribution in [0.3, 0.4) is 0 Å². The van der Waals surface area contributed by atoms with Gasteiger partial charge in [0.25, 0.3) is 0 Å². The standard InChI is InChI=1S/C13H20N2O4S/c1-4-9-14-13(16)10-15(20(3,17)18)11-5-7-12(19-2)8-6-11/h5-8H,4,9-10H2,1-3H3,(H,14,16). The first kappa shape index (κ1) is 16.3. The second-order valence-corrected chi connectivity index (χ2v) is 6.22. The first-order chi connectivity index (χ1) is 9.38. The van der Waals surface area contributed by atoms with E-state index in [0.29, 0.717) is 18.0 Å². The summed E-state index contributed by atoms with van der Waals surface area (Å²) in [4.78, 5) is 11.7. The second-order valence-electron chi connectivity index (χ2n) is 4.32. The molecule has 1 rings (SSSR count). The molecule has 0 unspecified atom stereocenters. The molecular weight excluding hydrogens is 280 g/mol. The molecule has 0 aliphatic heterocycles. The lowest BCUT2D eigenvalue weighted by Gasteiger charge is -2.22. The van der Waals surface area contributed by atoms with Crippen LogP contribution < -0.4 is 14.4 Å². The SMILES string of the molecule is CCCNC(=O)CN(c1ccc(OC)cc1)S(C)(=O)=O. The van der Waals surface area contributed by atoms with Crippen molar-refractivity contribution in [2.24, 2.45) is 0 Å². The number of anilines is 1. The summed E-state index contributed by atoms with van der Waals surface area (Å²) in [5, 5.41) is 2.66. The number of methoxy groups -OCH3 is 1. The zero-order chi connectivity index (χ0) is 15.2.